The number of nitrogens with one attached hydrogen (secondary N) is 1. The fourth-order valence-corrected chi connectivity index (χ4v) is 4.39. The first kappa shape index (κ1) is 23.3. The highest BCUT2D eigenvalue weighted by molar-refractivity contribution is 6.00. The van der Waals surface area contributed by atoms with Gasteiger partial charge in [-0.25, -0.2) is 4.98 Å². The second-order valence-electron chi connectivity index (χ2n) is 8.81. The van der Waals surface area contributed by atoms with Crippen LogP contribution in [0.25, 0.3) is 33.2 Å². The minimum absolute atomic E-state index is 0.551. The third-order valence-electron chi connectivity index (χ3n) is 6.33. The average Bonchev–Trinajstić information content (AvgIpc) is 2.99. The van der Waals surface area contributed by atoms with Crippen molar-refractivity contribution in [3.8, 4) is 34.0 Å². The fraction of sp³-hybridized carbons (Fsp3) is 0.0625. The largest absolute Gasteiger partial charge is 0.438 e. The van der Waals surface area contributed by atoms with E-state index in [2.05, 4.69) is 50.6 Å². The molecule has 0 saturated heterocycles. The molecular weight excluding hydrogens is 470 g/mol. The Hall–Kier alpha value is -5.10. The first-order chi connectivity index (χ1) is 18.8. The van der Waals surface area contributed by atoms with E-state index in [0.29, 0.717) is 17.4 Å². The molecule has 0 aliphatic rings. The van der Waals surface area contributed by atoms with Gasteiger partial charge < -0.3 is 10.1 Å². The van der Waals surface area contributed by atoms with E-state index in [1.165, 1.54) is 0 Å². The molecule has 6 aromatic rings. The summed E-state index contributed by atoms with van der Waals surface area (Å²) >= 11 is 0. The lowest BCUT2D eigenvalue weighted by atomic mass is 10.0. The van der Waals surface area contributed by atoms with E-state index in [1.54, 1.807) is 6.20 Å². The zero-order chi connectivity index (χ0) is 25.7. The van der Waals surface area contributed by atoms with E-state index in [0.717, 1.165) is 51.0 Å². The second kappa shape index (κ2) is 10.5. The molecule has 0 amide bonds. The molecule has 3 heterocycles. The van der Waals surface area contributed by atoms with Gasteiger partial charge in [-0.3, -0.25) is 4.98 Å². The lowest BCUT2D eigenvalue weighted by molar-refractivity contribution is 0.465. The molecule has 0 aliphatic heterocycles. The molecule has 0 saturated carbocycles. The maximum atomic E-state index is 6.19. The topological polar surface area (TPSA) is 72.8 Å². The van der Waals surface area contributed by atoms with Crippen molar-refractivity contribution in [3.63, 3.8) is 0 Å². The molecule has 6 nitrogen and oxygen atoms in total. The molecular formula is C32H25N5O. The van der Waals surface area contributed by atoms with Gasteiger partial charge in [0.05, 0.1) is 0 Å². The molecule has 0 bridgehead atoms. The van der Waals surface area contributed by atoms with Gasteiger partial charge in [-0.2, -0.15) is 0 Å². The summed E-state index contributed by atoms with van der Waals surface area (Å²) in [5, 5.41) is 14.5. The van der Waals surface area contributed by atoms with Crippen molar-refractivity contribution in [2.24, 2.45) is 0 Å². The molecule has 1 N–H and O–H groups in total. The third-order valence-corrected chi connectivity index (χ3v) is 6.33. The molecule has 6 rings (SSSR count). The van der Waals surface area contributed by atoms with E-state index in [4.69, 9.17) is 4.74 Å². The molecule has 184 valence electrons. The predicted octanol–water partition coefficient (Wildman–Crippen LogP) is 7.85. The number of anilines is 2. The molecule has 0 atom stereocenters. The summed E-state index contributed by atoms with van der Waals surface area (Å²) in [4.78, 5) is 8.89. The van der Waals surface area contributed by atoms with Crippen LogP contribution in [0.2, 0.25) is 0 Å². The normalized spacial score (nSPS) is 10.9. The Morgan fingerprint density at radius 1 is 0.684 bits per heavy atom. The van der Waals surface area contributed by atoms with Crippen LogP contribution in [0.5, 0.6) is 11.6 Å². The number of hydrogen-bond donors (Lipinski definition) is 1. The minimum Gasteiger partial charge on any atom is -0.438 e. The van der Waals surface area contributed by atoms with Crippen LogP contribution in [0.4, 0.5) is 11.5 Å². The van der Waals surface area contributed by atoms with Gasteiger partial charge in [0.15, 0.2) is 5.82 Å². The summed E-state index contributed by atoms with van der Waals surface area (Å²) < 4.78 is 6.19. The highest BCUT2D eigenvalue weighted by atomic mass is 16.5. The summed E-state index contributed by atoms with van der Waals surface area (Å²) in [5.74, 6) is 1.94. The Balaban J connectivity index is 1.25. The van der Waals surface area contributed by atoms with Crippen molar-refractivity contribution in [2.75, 3.05) is 5.32 Å². The van der Waals surface area contributed by atoms with Crippen LogP contribution in [0.15, 0.2) is 116 Å². The standard InChI is InChI=1S/C32H25N5O/c1-2-24-21-23(18-20-33-24)27-13-8-19-34-32(27)38-26-16-14-25(15-17-26)35-31-29-12-7-6-11-28(29)30(36-37-31)22-9-4-3-5-10-22/h3-21H,2H2,1H3,(H,35,37). The van der Waals surface area contributed by atoms with Crippen molar-refractivity contribution >= 4 is 22.3 Å². The Bertz CT molecular complexity index is 1700. The highest BCUT2D eigenvalue weighted by Gasteiger charge is 2.12. The fourth-order valence-electron chi connectivity index (χ4n) is 4.39. The van der Waals surface area contributed by atoms with Gasteiger partial charge in [-0.05, 0) is 60.5 Å². The molecule has 6 heteroatoms. The minimum atomic E-state index is 0.551. The van der Waals surface area contributed by atoms with E-state index in [9.17, 15) is 0 Å². The van der Waals surface area contributed by atoms with Crippen LogP contribution in [-0.2, 0) is 6.42 Å². The van der Waals surface area contributed by atoms with E-state index < -0.39 is 0 Å². The van der Waals surface area contributed by atoms with E-state index in [1.807, 2.05) is 91.1 Å². The lowest BCUT2D eigenvalue weighted by Crippen LogP contribution is -1.99. The summed E-state index contributed by atoms with van der Waals surface area (Å²) in [6.45, 7) is 2.09. The molecule has 3 aromatic heterocycles. The zero-order valence-electron chi connectivity index (χ0n) is 20.9. The first-order valence-corrected chi connectivity index (χ1v) is 12.5. The van der Waals surface area contributed by atoms with Crippen molar-refractivity contribution < 1.29 is 4.74 Å². The van der Waals surface area contributed by atoms with Crippen LogP contribution in [0, 0.1) is 0 Å². The number of aryl methyl sites for hydroxylation is 1. The van der Waals surface area contributed by atoms with Gasteiger partial charge in [-0.15, -0.1) is 10.2 Å². The number of aromatic nitrogens is 4. The Labute approximate surface area is 221 Å². The summed E-state index contributed by atoms with van der Waals surface area (Å²) in [6.07, 6.45) is 4.43. The molecule has 0 radical (unpaired) electrons. The number of pyridine rings is 2. The van der Waals surface area contributed by atoms with Crippen LogP contribution in [-0.4, -0.2) is 20.2 Å². The molecule has 0 fully saturated rings. The predicted molar refractivity (Wildman–Crippen MR) is 152 cm³/mol. The maximum absolute atomic E-state index is 6.19. The number of nitrogens with zero attached hydrogens (tertiary/aromatic N) is 4. The smallest absolute Gasteiger partial charge is 0.227 e. The van der Waals surface area contributed by atoms with Crippen LogP contribution >= 0.6 is 0 Å². The lowest BCUT2D eigenvalue weighted by Gasteiger charge is -2.13. The summed E-state index contributed by atoms with van der Waals surface area (Å²) in [7, 11) is 0. The Morgan fingerprint density at radius 3 is 2.29 bits per heavy atom. The first-order valence-electron chi connectivity index (χ1n) is 12.5. The SMILES string of the molecule is CCc1cc(-c2cccnc2Oc2ccc(Nc3nnc(-c4ccccc4)c4ccccc34)cc2)ccn1. The van der Waals surface area contributed by atoms with E-state index in [-0.39, 0.29) is 0 Å². The third kappa shape index (κ3) is 4.80. The van der Waals surface area contributed by atoms with Gasteiger partial charge in [0.25, 0.3) is 0 Å². The van der Waals surface area contributed by atoms with Crippen LogP contribution in [0.3, 0.4) is 0 Å². The van der Waals surface area contributed by atoms with Crippen molar-refractivity contribution in [1.29, 1.82) is 0 Å². The number of hydrogen-bond acceptors (Lipinski definition) is 6. The summed E-state index contributed by atoms with van der Waals surface area (Å²) in [6, 6.07) is 34.0. The molecule has 0 aliphatic carbocycles. The molecule has 38 heavy (non-hydrogen) atoms. The van der Waals surface area contributed by atoms with E-state index >= 15 is 0 Å². The van der Waals surface area contributed by atoms with Crippen LogP contribution in [0.1, 0.15) is 12.6 Å². The van der Waals surface area contributed by atoms with Crippen molar-refractivity contribution in [1.82, 2.24) is 20.2 Å². The Morgan fingerprint density at radius 2 is 1.47 bits per heavy atom. The molecule has 3 aromatic carbocycles. The maximum Gasteiger partial charge on any atom is 0.227 e. The van der Waals surface area contributed by atoms with Crippen molar-refractivity contribution in [3.05, 3.63) is 121 Å². The van der Waals surface area contributed by atoms with Crippen LogP contribution < -0.4 is 10.1 Å². The van der Waals surface area contributed by atoms with Gasteiger partial charge >= 0.3 is 0 Å². The van der Waals surface area contributed by atoms with Gasteiger partial charge in [0.2, 0.25) is 5.88 Å². The average molecular weight is 496 g/mol. The molecule has 0 unspecified atom stereocenters. The van der Waals surface area contributed by atoms with Gasteiger partial charge in [0.1, 0.15) is 11.4 Å². The monoisotopic (exact) mass is 495 g/mol. The summed E-state index contributed by atoms with van der Waals surface area (Å²) in [5.41, 5.74) is 5.76. The van der Waals surface area contributed by atoms with Crippen molar-refractivity contribution in [2.45, 2.75) is 13.3 Å². The number of ether oxygens (including phenoxy) is 1. The second-order valence-corrected chi connectivity index (χ2v) is 8.81. The highest BCUT2D eigenvalue weighted by Crippen LogP contribution is 2.34. The van der Waals surface area contributed by atoms with Gasteiger partial charge in [0, 0.05) is 45.7 Å². The van der Waals surface area contributed by atoms with Gasteiger partial charge in [-0.1, -0.05) is 61.5 Å². The zero-order valence-corrected chi connectivity index (χ0v) is 20.9. The number of fused-ring (bicyclic) bond motifs is 1. The quantitative estimate of drug-likeness (QED) is 0.243. The number of benzene rings is 3. The molecule has 0 spiro atoms. The number of rotatable bonds is 7. The Kier molecular flexibility index (Phi) is 6.43.